The summed E-state index contributed by atoms with van der Waals surface area (Å²) in [5.41, 5.74) is 8.81. The summed E-state index contributed by atoms with van der Waals surface area (Å²) in [4.78, 5) is 0. The number of benzene rings is 1. The maximum atomic E-state index is 6.35. The predicted octanol–water partition coefficient (Wildman–Crippen LogP) is 5.25. The zero-order valence-electron chi connectivity index (χ0n) is 11.9. The van der Waals surface area contributed by atoms with Gasteiger partial charge in [0.1, 0.15) is 0 Å². The Bertz CT molecular complexity index is 362. The molecule has 18 heavy (non-hydrogen) atoms. The van der Waals surface area contributed by atoms with Gasteiger partial charge in [0.15, 0.2) is 0 Å². The van der Waals surface area contributed by atoms with E-state index in [0.29, 0.717) is 0 Å². The lowest BCUT2D eigenvalue weighted by Gasteiger charge is -2.21. The van der Waals surface area contributed by atoms with Crippen molar-refractivity contribution in [3.8, 4) is 0 Å². The van der Waals surface area contributed by atoms with E-state index < -0.39 is 0 Å². The summed E-state index contributed by atoms with van der Waals surface area (Å²) in [5.74, 6) is 0.735. The quantitative estimate of drug-likeness (QED) is 0.717. The third kappa shape index (κ3) is 4.62. The van der Waals surface area contributed by atoms with Gasteiger partial charge >= 0.3 is 0 Å². The molecule has 0 aliphatic carbocycles. The minimum absolute atomic E-state index is 0.116. The van der Waals surface area contributed by atoms with Gasteiger partial charge in [-0.25, -0.2) is 0 Å². The van der Waals surface area contributed by atoms with Gasteiger partial charge in [-0.05, 0) is 42.5 Å². The van der Waals surface area contributed by atoms with E-state index in [1.807, 2.05) is 12.1 Å². The molecule has 2 atom stereocenters. The van der Waals surface area contributed by atoms with E-state index in [2.05, 4.69) is 26.8 Å². The van der Waals surface area contributed by atoms with Crippen molar-refractivity contribution in [2.75, 3.05) is 0 Å². The molecule has 0 aliphatic heterocycles. The molecule has 1 aromatic carbocycles. The molecular formula is C16H26ClN. The highest BCUT2D eigenvalue weighted by Crippen LogP contribution is 2.28. The number of rotatable bonds is 7. The molecule has 0 radical (unpaired) electrons. The normalized spacial score (nSPS) is 14.5. The van der Waals surface area contributed by atoms with Gasteiger partial charge in [0.05, 0.1) is 0 Å². The van der Waals surface area contributed by atoms with Gasteiger partial charge in [-0.2, -0.15) is 0 Å². The van der Waals surface area contributed by atoms with E-state index in [9.17, 15) is 0 Å². The van der Waals surface area contributed by atoms with Crippen molar-refractivity contribution in [1.82, 2.24) is 0 Å². The highest BCUT2D eigenvalue weighted by Gasteiger charge is 2.15. The van der Waals surface area contributed by atoms with Crippen LogP contribution in [0.1, 0.15) is 63.1 Å². The fourth-order valence-corrected chi connectivity index (χ4v) is 2.66. The highest BCUT2D eigenvalue weighted by molar-refractivity contribution is 6.30. The lowest BCUT2D eigenvalue weighted by molar-refractivity contribution is 0.388. The van der Waals surface area contributed by atoms with Crippen LogP contribution in [0.5, 0.6) is 0 Å². The molecule has 0 saturated heterocycles. The average molecular weight is 268 g/mol. The van der Waals surface area contributed by atoms with Crippen LogP contribution in [0.2, 0.25) is 5.02 Å². The third-order valence-electron chi connectivity index (χ3n) is 3.77. The molecule has 0 aliphatic rings. The monoisotopic (exact) mass is 267 g/mol. The van der Waals surface area contributed by atoms with Crippen LogP contribution in [-0.4, -0.2) is 0 Å². The minimum Gasteiger partial charge on any atom is -0.324 e. The molecule has 0 saturated carbocycles. The molecule has 0 amide bonds. The van der Waals surface area contributed by atoms with E-state index in [4.69, 9.17) is 17.3 Å². The van der Waals surface area contributed by atoms with Crippen LogP contribution in [0.15, 0.2) is 18.2 Å². The predicted molar refractivity (Wildman–Crippen MR) is 81.0 cm³/mol. The molecule has 0 fully saturated rings. The molecule has 0 bridgehead atoms. The Hall–Kier alpha value is -0.530. The van der Waals surface area contributed by atoms with Crippen molar-refractivity contribution in [1.29, 1.82) is 0 Å². The summed E-state index contributed by atoms with van der Waals surface area (Å²) in [6.07, 6.45) is 6.15. The van der Waals surface area contributed by atoms with Crippen LogP contribution in [0, 0.1) is 12.8 Å². The maximum Gasteiger partial charge on any atom is 0.0409 e. The van der Waals surface area contributed by atoms with Crippen LogP contribution < -0.4 is 5.73 Å². The molecule has 2 unspecified atom stereocenters. The zero-order valence-corrected chi connectivity index (χ0v) is 12.6. The molecule has 0 heterocycles. The highest BCUT2D eigenvalue weighted by atomic mass is 35.5. The fourth-order valence-electron chi connectivity index (χ4n) is 2.48. The Morgan fingerprint density at radius 1 is 1.28 bits per heavy atom. The van der Waals surface area contributed by atoms with Gasteiger partial charge in [0, 0.05) is 11.1 Å². The zero-order chi connectivity index (χ0) is 13.5. The molecule has 1 nitrogen and oxygen atoms in total. The summed E-state index contributed by atoms with van der Waals surface area (Å²) in [5, 5.41) is 0.785. The first kappa shape index (κ1) is 15.5. The second-order valence-electron chi connectivity index (χ2n) is 5.26. The van der Waals surface area contributed by atoms with Crippen LogP contribution >= 0.6 is 11.6 Å². The maximum absolute atomic E-state index is 6.35. The minimum atomic E-state index is 0.116. The molecule has 2 heteroatoms. The number of hydrogen-bond donors (Lipinski definition) is 1. The van der Waals surface area contributed by atoms with E-state index in [0.717, 1.165) is 17.4 Å². The van der Waals surface area contributed by atoms with Crippen molar-refractivity contribution in [2.24, 2.45) is 11.7 Å². The summed E-state index contributed by atoms with van der Waals surface area (Å²) >= 11 is 6.06. The molecule has 0 aromatic heterocycles. The first-order valence-electron chi connectivity index (χ1n) is 7.10. The molecule has 102 valence electrons. The molecule has 1 aromatic rings. The Labute approximate surface area is 117 Å². The van der Waals surface area contributed by atoms with Crippen LogP contribution in [0.3, 0.4) is 0 Å². The summed E-state index contributed by atoms with van der Waals surface area (Å²) < 4.78 is 0. The lowest BCUT2D eigenvalue weighted by atomic mass is 9.88. The number of unbranched alkanes of at least 4 members (excludes halogenated alkanes) is 1. The van der Waals surface area contributed by atoms with Gasteiger partial charge < -0.3 is 5.73 Å². The first-order chi connectivity index (χ1) is 8.58. The smallest absolute Gasteiger partial charge is 0.0409 e. The molecule has 2 N–H and O–H groups in total. The Kier molecular flexibility index (Phi) is 6.73. The van der Waals surface area contributed by atoms with E-state index >= 15 is 0 Å². The lowest BCUT2D eigenvalue weighted by Crippen LogP contribution is -2.16. The fraction of sp³-hybridized carbons (Fsp3) is 0.625. The standard InChI is InChI=1S/C16H26ClN/c1-4-6-7-13(5-2)10-16(18)15-11-14(17)9-8-12(15)3/h8-9,11,13,16H,4-7,10,18H2,1-3H3. The van der Waals surface area contributed by atoms with Gasteiger partial charge in [0.25, 0.3) is 0 Å². The number of halogens is 1. The van der Waals surface area contributed by atoms with Crippen LogP contribution in [0.4, 0.5) is 0 Å². The van der Waals surface area contributed by atoms with E-state index in [1.54, 1.807) is 0 Å². The number of nitrogens with two attached hydrogens (primary N) is 1. The SMILES string of the molecule is CCCCC(CC)CC(N)c1cc(Cl)ccc1C. The Morgan fingerprint density at radius 2 is 2.00 bits per heavy atom. The van der Waals surface area contributed by atoms with Crippen molar-refractivity contribution in [2.45, 2.75) is 58.9 Å². The number of hydrogen-bond acceptors (Lipinski definition) is 1. The summed E-state index contributed by atoms with van der Waals surface area (Å²) in [7, 11) is 0. The van der Waals surface area contributed by atoms with Crippen molar-refractivity contribution < 1.29 is 0 Å². The van der Waals surface area contributed by atoms with Gasteiger partial charge in [0.2, 0.25) is 0 Å². The van der Waals surface area contributed by atoms with Crippen molar-refractivity contribution in [3.63, 3.8) is 0 Å². The summed E-state index contributed by atoms with van der Waals surface area (Å²) in [6.45, 7) is 6.62. The van der Waals surface area contributed by atoms with Gasteiger partial charge in [-0.3, -0.25) is 0 Å². The average Bonchev–Trinajstić information content (AvgIpc) is 2.37. The molecule has 0 spiro atoms. The Balaban J connectivity index is 2.67. The second kappa shape index (κ2) is 7.81. The second-order valence-corrected chi connectivity index (χ2v) is 5.70. The van der Waals surface area contributed by atoms with Crippen LogP contribution in [-0.2, 0) is 0 Å². The number of aryl methyl sites for hydroxylation is 1. The Morgan fingerprint density at radius 3 is 2.61 bits per heavy atom. The topological polar surface area (TPSA) is 26.0 Å². The van der Waals surface area contributed by atoms with Crippen molar-refractivity contribution >= 4 is 11.6 Å². The van der Waals surface area contributed by atoms with Gasteiger partial charge in [-0.1, -0.05) is 57.2 Å². The van der Waals surface area contributed by atoms with Crippen molar-refractivity contribution in [3.05, 3.63) is 34.3 Å². The van der Waals surface area contributed by atoms with E-state index in [-0.39, 0.29) is 6.04 Å². The largest absolute Gasteiger partial charge is 0.324 e. The third-order valence-corrected chi connectivity index (χ3v) is 4.01. The first-order valence-corrected chi connectivity index (χ1v) is 7.47. The molecular weight excluding hydrogens is 242 g/mol. The van der Waals surface area contributed by atoms with E-state index in [1.165, 1.54) is 36.8 Å². The molecule has 1 rings (SSSR count). The van der Waals surface area contributed by atoms with Gasteiger partial charge in [-0.15, -0.1) is 0 Å². The summed E-state index contributed by atoms with van der Waals surface area (Å²) in [6, 6.07) is 6.13. The van der Waals surface area contributed by atoms with Crippen LogP contribution in [0.25, 0.3) is 0 Å².